The summed E-state index contributed by atoms with van der Waals surface area (Å²) in [5.41, 5.74) is 1.41. The maximum absolute atomic E-state index is 12.6. The number of aryl methyl sites for hydroxylation is 2. The molecule has 1 aromatic carbocycles. The van der Waals surface area contributed by atoms with E-state index in [1.807, 2.05) is 0 Å². The van der Waals surface area contributed by atoms with Crippen molar-refractivity contribution in [3.05, 3.63) is 59.7 Å². The molecule has 0 unspecified atom stereocenters. The molecule has 29 heavy (non-hydrogen) atoms. The highest BCUT2D eigenvalue weighted by molar-refractivity contribution is 6.08. The summed E-state index contributed by atoms with van der Waals surface area (Å²) in [5.74, 6) is -1.01. The number of aromatic nitrogens is 4. The van der Waals surface area contributed by atoms with Crippen LogP contribution in [0.15, 0.2) is 42.9 Å². The molecule has 2 heterocycles. The summed E-state index contributed by atoms with van der Waals surface area (Å²) in [7, 11) is 3.34. The van der Waals surface area contributed by atoms with Crippen LogP contribution in [0.3, 0.4) is 0 Å². The van der Waals surface area contributed by atoms with Crippen molar-refractivity contribution >= 4 is 17.5 Å². The first-order valence-electron chi connectivity index (χ1n) is 8.47. The molecule has 0 spiro atoms. The molecule has 0 aliphatic rings. The quantitative estimate of drug-likeness (QED) is 0.627. The monoisotopic (exact) mass is 404 g/mol. The van der Waals surface area contributed by atoms with E-state index in [1.54, 1.807) is 31.2 Å². The van der Waals surface area contributed by atoms with Crippen LogP contribution in [0.5, 0.6) is 5.75 Å². The van der Waals surface area contributed by atoms with Crippen molar-refractivity contribution in [1.29, 1.82) is 0 Å². The number of nitrogens with one attached hydrogen (secondary N) is 2. The van der Waals surface area contributed by atoms with Gasteiger partial charge in [-0.05, 0) is 24.3 Å². The number of nitrogens with zero attached hydrogens (tertiary/aromatic N) is 4. The fraction of sp³-hybridized carbons (Fsp3) is 0.222. The Morgan fingerprint density at radius 2 is 1.83 bits per heavy atom. The Balaban J connectivity index is 1.68. The van der Waals surface area contributed by atoms with Gasteiger partial charge in [0.25, 0.3) is 11.8 Å². The number of carbonyl (C=O) groups excluding carboxylic acids is 2. The summed E-state index contributed by atoms with van der Waals surface area (Å²) >= 11 is 0. The second kappa shape index (κ2) is 8.50. The molecule has 3 aromatic rings. The zero-order valence-electron chi connectivity index (χ0n) is 15.6. The molecule has 9 nitrogen and oxygen atoms in total. The van der Waals surface area contributed by atoms with Gasteiger partial charge in [0.15, 0.2) is 0 Å². The topological polar surface area (TPSA) is 103 Å². The molecule has 2 amide bonds. The van der Waals surface area contributed by atoms with Crippen LogP contribution in [0, 0.1) is 0 Å². The first-order chi connectivity index (χ1) is 13.8. The number of benzene rings is 1. The minimum absolute atomic E-state index is 0.0617. The number of carbonyl (C=O) groups is 2. The maximum atomic E-state index is 12.6. The van der Waals surface area contributed by atoms with Crippen molar-refractivity contribution in [2.75, 3.05) is 5.32 Å². The van der Waals surface area contributed by atoms with Gasteiger partial charge < -0.3 is 15.4 Å². The Bertz CT molecular complexity index is 1010. The molecular formula is C18H18F2N6O3. The Labute approximate surface area is 164 Å². The van der Waals surface area contributed by atoms with Crippen molar-refractivity contribution in [1.82, 2.24) is 24.9 Å². The maximum Gasteiger partial charge on any atom is 0.387 e. The van der Waals surface area contributed by atoms with E-state index in [0.29, 0.717) is 0 Å². The SMILES string of the molecule is Cn1cc(CNC(=O)c2c(NC(=O)c3ccc(OC(F)F)cc3)cnn2C)cn1. The third-order valence-electron chi connectivity index (χ3n) is 3.96. The van der Waals surface area contributed by atoms with E-state index < -0.39 is 18.4 Å². The Kier molecular flexibility index (Phi) is 5.86. The van der Waals surface area contributed by atoms with Crippen molar-refractivity contribution in [3.63, 3.8) is 0 Å². The number of hydrogen-bond donors (Lipinski definition) is 2. The van der Waals surface area contributed by atoms with E-state index in [1.165, 1.54) is 35.1 Å². The van der Waals surface area contributed by atoms with Crippen LogP contribution in [0.25, 0.3) is 0 Å². The number of halogens is 2. The summed E-state index contributed by atoms with van der Waals surface area (Å²) in [6.07, 6.45) is 4.76. The number of alkyl halides is 2. The number of amides is 2. The summed E-state index contributed by atoms with van der Waals surface area (Å²) < 4.78 is 31.6. The van der Waals surface area contributed by atoms with Gasteiger partial charge in [-0.1, -0.05) is 0 Å². The molecule has 3 rings (SSSR count). The van der Waals surface area contributed by atoms with Gasteiger partial charge in [0.2, 0.25) is 0 Å². The Morgan fingerprint density at radius 1 is 1.10 bits per heavy atom. The zero-order chi connectivity index (χ0) is 21.0. The predicted octanol–water partition coefficient (Wildman–Crippen LogP) is 1.94. The first kappa shape index (κ1) is 20.0. The lowest BCUT2D eigenvalue weighted by molar-refractivity contribution is -0.0498. The fourth-order valence-corrected chi connectivity index (χ4v) is 2.61. The van der Waals surface area contributed by atoms with Gasteiger partial charge in [-0.15, -0.1) is 0 Å². The number of anilines is 1. The van der Waals surface area contributed by atoms with Crippen LogP contribution >= 0.6 is 0 Å². The highest BCUT2D eigenvalue weighted by Crippen LogP contribution is 2.18. The lowest BCUT2D eigenvalue weighted by Crippen LogP contribution is -2.26. The molecule has 2 aromatic heterocycles. The van der Waals surface area contributed by atoms with Crippen LogP contribution in [-0.2, 0) is 20.6 Å². The summed E-state index contributed by atoms with van der Waals surface area (Å²) in [5, 5.41) is 13.4. The molecule has 11 heteroatoms. The third-order valence-corrected chi connectivity index (χ3v) is 3.96. The van der Waals surface area contributed by atoms with Gasteiger partial charge in [0.1, 0.15) is 11.4 Å². The highest BCUT2D eigenvalue weighted by atomic mass is 19.3. The smallest absolute Gasteiger partial charge is 0.387 e. The summed E-state index contributed by atoms with van der Waals surface area (Å²) in [6.45, 7) is -2.69. The highest BCUT2D eigenvalue weighted by Gasteiger charge is 2.19. The fourth-order valence-electron chi connectivity index (χ4n) is 2.61. The van der Waals surface area contributed by atoms with Crippen LogP contribution in [-0.4, -0.2) is 38.0 Å². The molecule has 0 aliphatic heterocycles. The molecule has 0 fully saturated rings. The minimum atomic E-state index is -2.95. The molecule has 0 atom stereocenters. The van der Waals surface area contributed by atoms with Crippen molar-refractivity contribution in [2.45, 2.75) is 13.2 Å². The number of rotatable bonds is 7. The standard InChI is InChI=1S/C18H18F2N6O3/c1-25-10-11(8-22-25)7-21-17(28)15-14(9-23-26(15)2)24-16(27)12-3-5-13(6-4-12)29-18(19)20/h3-6,8-10,18H,7H2,1-2H3,(H,21,28)(H,24,27). The molecule has 0 bridgehead atoms. The van der Waals surface area contributed by atoms with E-state index >= 15 is 0 Å². The van der Waals surface area contributed by atoms with Crippen LogP contribution in [0.4, 0.5) is 14.5 Å². The van der Waals surface area contributed by atoms with E-state index in [-0.39, 0.29) is 29.2 Å². The summed E-state index contributed by atoms with van der Waals surface area (Å²) in [6, 6.07) is 5.19. The zero-order valence-corrected chi connectivity index (χ0v) is 15.6. The average molecular weight is 404 g/mol. The van der Waals surface area contributed by atoms with E-state index in [9.17, 15) is 18.4 Å². The van der Waals surface area contributed by atoms with Crippen LogP contribution in [0.1, 0.15) is 26.4 Å². The Morgan fingerprint density at radius 3 is 2.45 bits per heavy atom. The van der Waals surface area contributed by atoms with Gasteiger partial charge in [0.05, 0.1) is 18.1 Å². The lowest BCUT2D eigenvalue weighted by atomic mass is 10.2. The van der Waals surface area contributed by atoms with Gasteiger partial charge >= 0.3 is 6.61 Å². The van der Waals surface area contributed by atoms with Crippen LogP contribution < -0.4 is 15.4 Å². The van der Waals surface area contributed by atoms with Gasteiger partial charge in [-0.3, -0.25) is 19.0 Å². The number of ether oxygens (including phenoxy) is 1. The molecule has 0 saturated heterocycles. The van der Waals surface area contributed by atoms with E-state index in [2.05, 4.69) is 25.6 Å². The molecule has 2 N–H and O–H groups in total. The average Bonchev–Trinajstić information content (AvgIpc) is 3.25. The lowest BCUT2D eigenvalue weighted by Gasteiger charge is -2.09. The normalized spacial score (nSPS) is 10.8. The molecular weight excluding hydrogens is 386 g/mol. The second-order valence-electron chi connectivity index (χ2n) is 6.09. The van der Waals surface area contributed by atoms with Gasteiger partial charge in [-0.2, -0.15) is 19.0 Å². The number of hydrogen-bond acceptors (Lipinski definition) is 5. The summed E-state index contributed by atoms with van der Waals surface area (Å²) in [4.78, 5) is 25.0. The first-order valence-corrected chi connectivity index (χ1v) is 8.47. The van der Waals surface area contributed by atoms with Crippen LogP contribution in [0.2, 0.25) is 0 Å². The van der Waals surface area contributed by atoms with E-state index in [0.717, 1.165) is 5.56 Å². The second-order valence-corrected chi connectivity index (χ2v) is 6.09. The third kappa shape index (κ3) is 4.94. The van der Waals surface area contributed by atoms with E-state index in [4.69, 9.17) is 0 Å². The molecule has 0 saturated carbocycles. The van der Waals surface area contributed by atoms with Crippen molar-refractivity contribution in [3.8, 4) is 5.75 Å². The predicted molar refractivity (Wildman–Crippen MR) is 98.6 cm³/mol. The van der Waals surface area contributed by atoms with Gasteiger partial charge in [0, 0.05) is 38.0 Å². The van der Waals surface area contributed by atoms with Crippen molar-refractivity contribution < 1.29 is 23.1 Å². The molecule has 152 valence electrons. The van der Waals surface area contributed by atoms with Crippen molar-refractivity contribution in [2.24, 2.45) is 14.1 Å². The minimum Gasteiger partial charge on any atom is -0.435 e. The molecule has 0 aliphatic carbocycles. The largest absolute Gasteiger partial charge is 0.435 e. The molecule has 0 radical (unpaired) electrons. The Hall–Kier alpha value is -3.76. The van der Waals surface area contributed by atoms with Gasteiger partial charge in [-0.25, -0.2) is 0 Å².